The predicted molar refractivity (Wildman–Crippen MR) is 136 cm³/mol. The van der Waals surface area contributed by atoms with E-state index in [1.165, 1.54) is 22.1 Å². The van der Waals surface area contributed by atoms with Crippen molar-refractivity contribution in [3.8, 4) is 11.3 Å². The van der Waals surface area contributed by atoms with Gasteiger partial charge in [0.1, 0.15) is 11.2 Å². The molecule has 0 saturated carbocycles. The molecule has 3 nitrogen and oxygen atoms in total. The monoisotopic (exact) mass is 428 g/mol. The fraction of sp³-hybridized carbons (Fsp3) is 0.200. The Morgan fingerprint density at radius 1 is 0.697 bits per heavy atom. The van der Waals surface area contributed by atoms with Crippen LogP contribution in [0.5, 0.6) is 0 Å². The topological polar surface area (TPSA) is 38.9 Å². The molecule has 0 fully saturated rings. The maximum atomic E-state index is 6.85. The van der Waals surface area contributed by atoms with Crippen LogP contribution >= 0.6 is 0 Å². The van der Waals surface area contributed by atoms with Crippen molar-refractivity contribution in [2.75, 3.05) is 0 Å². The summed E-state index contributed by atoms with van der Waals surface area (Å²) in [6.45, 7) is 9.32. The Morgan fingerprint density at radius 2 is 1.48 bits per heavy atom. The van der Waals surface area contributed by atoms with Crippen LogP contribution in [0.1, 0.15) is 38.8 Å². The number of aromatic nitrogens is 2. The Balaban J connectivity index is 1.69. The van der Waals surface area contributed by atoms with Gasteiger partial charge in [0, 0.05) is 50.5 Å². The average Bonchev–Trinajstić information content (AvgIpc) is 3.21. The van der Waals surface area contributed by atoms with Crippen molar-refractivity contribution in [1.29, 1.82) is 0 Å². The van der Waals surface area contributed by atoms with Crippen molar-refractivity contribution in [3.63, 3.8) is 0 Å². The van der Waals surface area contributed by atoms with E-state index in [1.807, 2.05) is 18.5 Å². The molecule has 160 valence electrons. The van der Waals surface area contributed by atoms with Gasteiger partial charge in [-0.05, 0) is 35.2 Å². The molecule has 3 heteroatoms. The highest BCUT2D eigenvalue weighted by molar-refractivity contribution is 6.22. The molecule has 6 aromatic rings. The lowest BCUT2D eigenvalue weighted by atomic mass is 9.56. The molecule has 1 aliphatic rings. The summed E-state index contributed by atoms with van der Waals surface area (Å²) >= 11 is 0. The highest BCUT2D eigenvalue weighted by Gasteiger charge is 2.48. The summed E-state index contributed by atoms with van der Waals surface area (Å²) in [7, 11) is 0. The predicted octanol–water partition coefficient (Wildman–Crippen LogP) is 7.92. The lowest BCUT2D eigenvalue weighted by Gasteiger charge is -2.47. The summed E-state index contributed by atoms with van der Waals surface area (Å²) in [4.78, 5) is 9.55. The molecule has 7 rings (SSSR count). The summed E-state index contributed by atoms with van der Waals surface area (Å²) < 4.78 is 6.85. The van der Waals surface area contributed by atoms with E-state index in [4.69, 9.17) is 14.4 Å². The minimum absolute atomic E-state index is 0.104. The summed E-state index contributed by atoms with van der Waals surface area (Å²) in [5, 5.41) is 5.68. The van der Waals surface area contributed by atoms with E-state index in [-0.39, 0.29) is 10.8 Å². The number of nitrogens with zero attached hydrogens (tertiary/aromatic N) is 2. The largest absolute Gasteiger partial charge is 0.455 e. The second-order valence-corrected chi connectivity index (χ2v) is 10.3. The van der Waals surface area contributed by atoms with E-state index in [9.17, 15) is 0 Å². The first-order valence-electron chi connectivity index (χ1n) is 11.5. The van der Waals surface area contributed by atoms with Gasteiger partial charge >= 0.3 is 0 Å². The first kappa shape index (κ1) is 18.8. The lowest BCUT2D eigenvalue weighted by molar-refractivity contribution is 0.298. The van der Waals surface area contributed by atoms with E-state index in [2.05, 4.69) is 82.3 Å². The molecule has 33 heavy (non-hydrogen) atoms. The summed E-state index contributed by atoms with van der Waals surface area (Å²) in [6.07, 6.45) is 3.84. The third-order valence-corrected chi connectivity index (χ3v) is 8.28. The number of hydrogen-bond donors (Lipinski definition) is 0. The smallest absolute Gasteiger partial charge is 0.145 e. The van der Waals surface area contributed by atoms with Crippen LogP contribution in [0.15, 0.2) is 77.5 Å². The zero-order valence-corrected chi connectivity index (χ0v) is 19.2. The lowest BCUT2D eigenvalue weighted by Crippen LogP contribution is -2.43. The van der Waals surface area contributed by atoms with Gasteiger partial charge in [0.2, 0.25) is 0 Å². The third-order valence-electron chi connectivity index (χ3n) is 8.28. The number of hydrogen-bond acceptors (Lipinski definition) is 3. The zero-order valence-electron chi connectivity index (χ0n) is 19.2. The van der Waals surface area contributed by atoms with Gasteiger partial charge in [-0.25, -0.2) is 0 Å². The van der Waals surface area contributed by atoms with Crippen molar-refractivity contribution in [2.24, 2.45) is 0 Å². The van der Waals surface area contributed by atoms with E-state index in [1.54, 1.807) is 0 Å². The van der Waals surface area contributed by atoms with Crippen LogP contribution in [-0.4, -0.2) is 9.97 Å². The number of rotatable bonds is 0. The SMILES string of the molecule is CC1(C)c2cccnc2-c2ccc3c(oc4c3ccc3ncc5ccccc5c34)c2C1(C)C. The molecular formula is C30H24N2O. The molecule has 0 amide bonds. The van der Waals surface area contributed by atoms with Crippen LogP contribution in [0.25, 0.3) is 54.9 Å². The van der Waals surface area contributed by atoms with Crippen LogP contribution in [0.2, 0.25) is 0 Å². The molecule has 0 unspecified atom stereocenters. The Bertz CT molecular complexity index is 1770. The maximum absolute atomic E-state index is 6.85. The first-order valence-corrected chi connectivity index (χ1v) is 11.5. The second kappa shape index (κ2) is 5.99. The van der Waals surface area contributed by atoms with Gasteiger partial charge in [-0.15, -0.1) is 0 Å². The minimum atomic E-state index is -0.151. The van der Waals surface area contributed by atoms with Gasteiger partial charge in [0.15, 0.2) is 0 Å². The van der Waals surface area contributed by atoms with Gasteiger partial charge in [-0.3, -0.25) is 9.97 Å². The molecular weight excluding hydrogens is 404 g/mol. The van der Waals surface area contributed by atoms with Gasteiger partial charge in [0.25, 0.3) is 0 Å². The van der Waals surface area contributed by atoms with Gasteiger partial charge in [-0.2, -0.15) is 0 Å². The van der Waals surface area contributed by atoms with Crippen LogP contribution in [0.3, 0.4) is 0 Å². The van der Waals surface area contributed by atoms with E-state index < -0.39 is 0 Å². The molecule has 0 atom stereocenters. The Morgan fingerprint density at radius 3 is 2.36 bits per heavy atom. The average molecular weight is 429 g/mol. The van der Waals surface area contributed by atoms with Crippen molar-refractivity contribution < 1.29 is 4.42 Å². The molecule has 3 aromatic carbocycles. The molecule has 3 aromatic heterocycles. The maximum Gasteiger partial charge on any atom is 0.145 e. The quantitative estimate of drug-likeness (QED) is 0.231. The van der Waals surface area contributed by atoms with Crippen molar-refractivity contribution >= 4 is 43.6 Å². The van der Waals surface area contributed by atoms with Crippen LogP contribution in [0.4, 0.5) is 0 Å². The number of benzene rings is 3. The molecule has 0 aliphatic heterocycles. The molecule has 0 bridgehead atoms. The number of pyridine rings is 2. The first-order chi connectivity index (χ1) is 15.9. The fourth-order valence-corrected chi connectivity index (χ4v) is 5.83. The normalized spacial score (nSPS) is 16.4. The van der Waals surface area contributed by atoms with Crippen LogP contribution in [0, 0.1) is 0 Å². The zero-order chi connectivity index (χ0) is 22.5. The Hall–Kier alpha value is -3.72. The van der Waals surface area contributed by atoms with Crippen LogP contribution in [-0.2, 0) is 10.8 Å². The highest BCUT2D eigenvalue weighted by atomic mass is 16.3. The second-order valence-electron chi connectivity index (χ2n) is 10.3. The van der Waals surface area contributed by atoms with Crippen molar-refractivity contribution in [3.05, 3.63) is 84.2 Å². The Labute approximate surface area is 192 Å². The van der Waals surface area contributed by atoms with Gasteiger partial charge in [-0.1, -0.05) is 64.1 Å². The molecule has 0 N–H and O–H groups in total. The van der Waals surface area contributed by atoms with E-state index >= 15 is 0 Å². The van der Waals surface area contributed by atoms with E-state index in [0.717, 1.165) is 43.9 Å². The van der Waals surface area contributed by atoms with Crippen molar-refractivity contribution in [2.45, 2.75) is 38.5 Å². The van der Waals surface area contributed by atoms with Gasteiger partial charge in [0.05, 0.1) is 16.6 Å². The minimum Gasteiger partial charge on any atom is -0.455 e. The standard InChI is InChI=1S/C30H24N2O/c1-29(2)22-10-7-15-31-26(22)21-12-11-20-19-13-14-23-24(18-9-6-5-8-17(18)16-32-23)27(19)33-28(20)25(21)30(29,3)4/h5-16H,1-4H3. The van der Waals surface area contributed by atoms with Gasteiger partial charge < -0.3 is 4.42 Å². The fourth-order valence-electron chi connectivity index (χ4n) is 5.83. The Kier molecular flexibility index (Phi) is 3.41. The van der Waals surface area contributed by atoms with Crippen molar-refractivity contribution in [1.82, 2.24) is 9.97 Å². The summed E-state index contributed by atoms with van der Waals surface area (Å²) in [6, 6.07) is 21.4. The number of fused-ring (bicyclic) bond motifs is 11. The molecule has 0 spiro atoms. The molecule has 0 radical (unpaired) electrons. The number of furan rings is 1. The van der Waals surface area contributed by atoms with E-state index in [0.29, 0.717) is 0 Å². The molecule has 3 heterocycles. The highest BCUT2D eigenvalue weighted by Crippen LogP contribution is 2.56. The third kappa shape index (κ3) is 2.20. The van der Waals surface area contributed by atoms with Crippen LogP contribution < -0.4 is 0 Å². The molecule has 1 aliphatic carbocycles. The summed E-state index contributed by atoms with van der Waals surface area (Å²) in [5.74, 6) is 0. The molecule has 0 saturated heterocycles. The summed E-state index contributed by atoms with van der Waals surface area (Å²) in [5.41, 5.74) is 7.37.